The normalized spacial score (nSPS) is 18.6. The Morgan fingerprint density at radius 1 is 1.39 bits per heavy atom. The highest BCUT2D eigenvalue weighted by atomic mass is 32.2. The first-order valence-corrected chi connectivity index (χ1v) is 6.99. The highest BCUT2D eigenvalue weighted by molar-refractivity contribution is 7.99. The number of benzene rings is 1. The van der Waals surface area contributed by atoms with Gasteiger partial charge in [-0.15, -0.1) is 11.8 Å². The number of fused-ring (bicyclic) bond motifs is 1. The van der Waals surface area contributed by atoms with Crippen molar-refractivity contribution in [1.29, 1.82) is 0 Å². The van der Waals surface area contributed by atoms with Crippen LogP contribution in [0.2, 0.25) is 0 Å². The van der Waals surface area contributed by atoms with Crippen LogP contribution in [0.25, 0.3) is 0 Å². The van der Waals surface area contributed by atoms with Crippen molar-refractivity contribution in [2.45, 2.75) is 23.9 Å². The topological polar surface area (TPSA) is 25.2 Å². The van der Waals surface area contributed by atoms with E-state index in [4.69, 9.17) is 4.42 Å². The molecule has 1 aromatic carbocycles. The van der Waals surface area contributed by atoms with Crippen LogP contribution in [0.3, 0.4) is 0 Å². The lowest BCUT2D eigenvalue weighted by molar-refractivity contribution is 0.492. The summed E-state index contributed by atoms with van der Waals surface area (Å²) in [6.07, 6.45) is 4.43. The molecule has 1 aliphatic heterocycles. The molecule has 2 heterocycles. The molecule has 3 rings (SSSR count). The molecule has 0 bridgehead atoms. The van der Waals surface area contributed by atoms with Crippen LogP contribution in [0.15, 0.2) is 46.1 Å². The van der Waals surface area contributed by atoms with Gasteiger partial charge >= 0.3 is 0 Å². The maximum absolute atomic E-state index is 13.7. The largest absolute Gasteiger partial charge is 0.472 e. The Hall–Kier alpha value is -1.26. The third-order valence-electron chi connectivity index (χ3n) is 3.16. The maximum Gasteiger partial charge on any atom is 0.137 e. The van der Waals surface area contributed by atoms with E-state index >= 15 is 0 Å². The lowest BCUT2D eigenvalue weighted by Gasteiger charge is -2.26. The average molecular weight is 263 g/mol. The van der Waals surface area contributed by atoms with E-state index in [0.717, 1.165) is 34.7 Å². The second kappa shape index (κ2) is 5.16. The highest BCUT2D eigenvalue weighted by Gasteiger charge is 2.22. The summed E-state index contributed by atoms with van der Waals surface area (Å²) in [5.41, 5.74) is 2.20. The molecule has 1 unspecified atom stereocenters. The SMILES string of the molecule is Fc1cccc2c1SCCC2NCc1ccoc1. The molecule has 4 heteroatoms. The summed E-state index contributed by atoms with van der Waals surface area (Å²) in [5, 5.41) is 3.47. The minimum absolute atomic E-state index is 0.104. The van der Waals surface area contributed by atoms with Crippen molar-refractivity contribution >= 4 is 11.8 Å². The monoisotopic (exact) mass is 263 g/mol. The molecule has 1 aliphatic rings. The second-order valence-corrected chi connectivity index (χ2v) is 5.47. The Bertz CT molecular complexity index is 527. The van der Waals surface area contributed by atoms with Gasteiger partial charge in [-0.25, -0.2) is 4.39 Å². The summed E-state index contributed by atoms with van der Waals surface area (Å²) >= 11 is 1.61. The Labute approximate surface area is 110 Å². The minimum atomic E-state index is -0.104. The molecule has 1 atom stereocenters. The average Bonchev–Trinajstić information content (AvgIpc) is 2.90. The molecule has 0 fully saturated rings. The highest BCUT2D eigenvalue weighted by Crippen LogP contribution is 2.37. The van der Waals surface area contributed by atoms with Crippen molar-refractivity contribution in [1.82, 2.24) is 5.32 Å². The molecule has 0 saturated heterocycles. The van der Waals surface area contributed by atoms with E-state index in [0.29, 0.717) is 0 Å². The fraction of sp³-hybridized carbons (Fsp3) is 0.286. The number of nitrogens with one attached hydrogen (secondary N) is 1. The second-order valence-electron chi connectivity index (χ2n) is 4.36. The van der Waals surface area contributed by atoms with Crippen LogP contribution in [-0.2, 0) is 6.54 Å². The molecular weight excluding hydrogens is 249 g/mol. The fourth-order valence-corrected chi connectivity index (χ4v) is 3.37. The van der Waals surface area contributed by atoms with Gasteiger partial charge < -0.3 is 9.73 Å². The molecule has 1 N–H and O–H groups in total. The van der Waals surface area contributed by atoms with Crippen LogP contribution < -0.4 is 5.32 Å². The van der Waals surface area contributed by atoms with Crippen molar-refractivity contribution in [3.8, 4) is 0 Å². The number of furan rings is 1. The number of thioether (sulfide) groups is 1. The number of hydrogen-bond donors (Lipinski definition) is 1. The molecule has 18 heavy (non-hydrogen) atoms. The molecular formula is C14H14FNOS. The standard InChI is InChI=1S/C14H14FNOS/c15-12-3-1-2-11-13(5-7-18-14(11)12)16-8-10-4-6-17-9-10/h1-4,6,9,13,16H,5,7-8H2. The Morgan fingerprint density at radius 2 is 2.33 bits per heavy atom. The Balaban J connectivity index is 1.77. The first kappa shape index (κ1) is 11.8. The van der Waals surface area contributed by atoms with Gasteiger partial charge in [-0.05, 0) is 29.9 Å². The summed E-state index contributed by atoms with van der Waals surface area (Å²) in [6, 6.07) is 7.50. The van der Waals surface area contributed by atoms with Crippen molar-refractivity contribution in [3.05, 3.63) is 53.7 Å². The van der Waals surface area contributed by atoms with Crippen molar-refractivity contribution < 1.29 is 8.81 Å². The van der Waals surface area contributed by atoms with Gasteiger partial charge in [0.25, 0.3) is 0 Å². The first-order chi connectivity index (χ1) is 8.84. The summed E-state index contributed by atoms with van der Waals surface area (Å²) in [5.74, 6) is 0.851. The summed E-state index contributed by atoms with van der Waals surface area (Å²) in [4.78, 5) is 0.799. The molecule has 1 aromatic heterocycles. The predicted octanol–water partition coefficient (Wildman–Crippen LogP) is 3.75. The van der Waals surface area contributed by atoms with Crippen LogP contribution in [-0.4, -0.2) is 5.75 Å². The quantitative estimate of drug-likeness (QED) is 0.913. The van der Waals surface area contributed by atoms with Gasteiger partial charge in [0.05, 0.1) is 12.5 Å². The van der Waals surface area contributed by atoms with Gasteiger partial charge in [-0.3, -0.25) is 0 Å². The molecule has 0 saturated carbocycles. The molecule has 2 nitrogen and oxygen atoms in total. The van der Waals surface area contributed by atoms with Gasteiger partial charge in [-0.2, -0.15) is 0 Å². The number of hydrogen-bond acceptors (Lipinski definition) is 3. The third-order valence-corrected chi connectivity index (χ3v) is 4.32. The maximum atomic E-state index is 13.7. The van der Waals surface area contributed by atoms with Gasteiger partial charge in [0.2, 0.25) is 0 Å². The Morgan fingerprint density at radius 3 is 3.17 bits per heavy atom. The molecule has 0 aliphatic carbocycles. The van der Waals surface area contributed by atoms with Crippen LogP contribution >= 0.6 is 11.8 Å². The van der Waals surface area contributed by atoms with Crippen molar-refractivity contribution in [2.75, 3.05) is 5.75 Å². The van der Waals surface area contributed by atoms with Crippen molar-refractivity contribution in [2.24, 2.45) is 0 Å². The zero-order valence-corrected chi connectivity index (χ0v) is 10.7. The molecule has 0 radical (unpaired) electrons. The summed E-state index contributed by atoms with van der Waals surface area (Å²) in [6.45, 7) is 0.752. The summed E-state index contributed by atoms with van der Waals surface area (Å²) in [7, 11) is 0. The molecule has 2 aromatic rings. The smallest absolute Gasteiger partial charge is 0.137 e. The lowest BCUT2D eigenvalue weighted by Crippen LogP contribution is -2.24. The van der Waals surface area contributed by atoms with E-state index in [1.165, 1.54) is 6.07 Å². The van der Waals surface area contributed by atoms with Crippen LogP contribution in [0, 0.1) is 5.82 Å². The van der Waals surface area contributed by atoms with Gasteiger partial charge in [0.15, 0.2) is 0 Å². The van der Waals surface area contributed by atoms with E-state index in [1.807, 2.05) is 12.1 Å². The molecule has 94 valence electrons. The van der Waals surface area contributed by atoms with E-state index in [2.05, 4.69) is 5.32 Å². The molecule has 0 spiro atoms. The third kappa shape index (κ3) is 2.31. The van der Waals surface area contributed by atoms with Crippen LogP contribution in [0.5, 0.6) is 0 Å². The van der Waals surface area contributed by atoms with Crippen molar-refractivity contribution in [3.63, 3.8) is 0 Å². The van der Waals surface area contributed by atoms with E-state index in [1.54, 1.807) is 30.4 Å². The minimum Gasteiger partial charge on any atom is -0.472 e. The van der Waals surface area contributed by atoms with E-state index < -0.39 is 0 Å². The predicted molar refractivity (Wildman–Crippen MR) is 70.0 cm³/mol. The van der Waals surface area contributed by atoms with Gasteiger partial charge in [0, 0.05) is 23.0 Å². The van der Waals surface area contributed by atoms with E-state index in [9.17, 15) is 4.39 Å². The number of rotatable bonds is 3. The summed E-state index contributed by atoms with van der Waals surface area (Å²) < 4.78 is 18.7. The molecule has 0 amide bonds. The van der Waals surface area contributed by atoms with Crippen LogP contribution in [0.4, 0.5) is 4.39 Å². The van der Waals surface area contributed by atoms with Gasteiger partial charge in [-0.1, -0.05) is 12.1 Å². The van der Waals surface area contributed by atoms with E-state index in [-0.39, 0.29) is 11.9 Å². The van der Waals surface area contributed by atoms with Gasteiger partial charge in [0.1, 0.15) is 5.82 Å². The zero-order chi connectivity index (χ0) is 12.4. The number of halogens is 1. The Kier molecular flexibility index (Phi) is 3.39. The van der Waals surface area contributed by atoms with Crippen LogP contribution in [0.1, 0.15) is 23.6 Å². The lowest BCUT2D eigenvalue weighted by atomic mass is 10.0. The first-order valence-electron chi connectivity index (χ1n) is 6.00. The fourth-order valence-electron chi connectivity index (χ4n) is 2.23. The zero-order valence-electron chi connectivity index (χ0n) is 9.86.